The molecule has 1 heterocycles. The molecule has 8 heteroatoms. The van der Waals surface area contributed by atoms with Crippen LogP contribution in [0.4, 0.5) is 24.7 Å². The monoisotopic (exact) mass is 263 g/mol. The number of methoxy groups -OCH3 is 1. The number of carbonyl (C=O) groups is 1. The van der Waals surface area contributed by atoms with E-state index in [0.717, 1.165) is 0 Å². The second kappa shape index (κ2) is 5.56. The molecule has 0 aliphatic heterocycles. The lowest BCUT2D eigenvalue weighted by Gasteiger charge is -2.11. The molecule has 0 amide bonds. The predicted octanol–water partition coefficient (Wildman–Crippen LogP) is 1.81. The van der Waals surface area contributed by atoms with Crippen LogP contribution in [0.5, 0.6) is 0 Å². The van der Waals surface area contributed by atoms with Crippen molar-refractivity contribution in [3.8, 4) is 0 Å². The maximum Gasteiger partial charge on any atom is 0.390 e. The highest BCUT2D eigenvalue weighted by molar-refractivity contribution is 5.97. The lowest BCUT2D eigenvalue weighted by atomic mass is 10.2. The minimum Gasteiger partial charge on any atom is -0.465 e. The Morgan fingerprint density at radius 1 is 1.56 bits per heavy atom. The highest BCUT2D eigenvalue weighted by Gasteiger charge is 2.26. The maximum absolute atomic E-state index is 12.0. The molecule has 5 nitrogen and oxygen atoms in total. The molecule has 1 aromatic rings. The van der Waals surface area contributed by atoms with Crippen molar-refractivity contribution in [1.82, 2.24) is 4.98 Å². The van der Waals surface area contributed by atoms with Crippen LogP contribution in [0.2, 0.25) is 0 Å². The number of rotatable bonds is 4. The number of nitrogens with two attached hydrogens (primary N) is 1. The smallest absolute Gasteiger partial charge is 0.390 e. The number of hydrogen-bond donors (Lipinski definition) is 2. The van der Waals surface area contributed by atoms with Crippen LogP contribution in [0.25, 0.3) is 0 Å². The molecular formula is C10H12F3N3O2. The second-order valence-electron chi connectivity index (χ2n) is 3.40. The molecule has 0 radical (unpaired) electrons. The van der Waals surface area contributed by atoms with Gasteiger partial charge in [0, 0.05) is 12.7 Å². The van der Waals surface area contributed by atoms with Crippen LogP contribution in [0.3, 0.4) is 0 Å². The molecular weight excluding hydrogens is 251 g/mol. The largest absolute Gasteiger partial charge is 0.465 e. The van der Waals surface area contributed by atoms with E-state index in [1.165, 1.54) is 19.4 Å². The molecule has 0 fully saturated rings. The molecule has 0 bridgehead atoms. The van der Waals surface area contributed by atoms with Crippen molar-refractivity contribution in [3.05, 3.63) is 17.8 Å². The number of nitrogens with one attached hydrogen (secondary N) is 1. The third-order valence-corrected chi connectivity index (χ3v) is 2.10. The summed E-state index contributed by atoms with van der Waals surface area (Å²) in [6.45, 7) is -0.370. The quantitative estimate of drug-likeness (QED) is 0.810. The number of aromatic nitrogens is 1. The number of carbonyl (C=O) groups excluding carboxylic acids is 1. The van der Waals surface area contributed by atoms with Gasteiger partial charge in [0.25, 0.3) is 0 Å². The van der Waals surface area contributed by atoms with Gasteiger partial charge in [-0.1, -0.05) is 0 Å². The van der Waals surface area contributed by atoms with Gasteiger partial charge in [-0.2, -0.15) is 13.2 Å². The first-order valence-corrected chi connectivity index (χ1v) is 4.98. The number of pyridine rings is 1. The number of esters is 1. The Morgan fingerprint density at radius 3 is 2.78 bits per heavy atom. The van der Waals surface area contributed by atoms with Crippen LogP contribution in [0.1, 0.15) is 16.8 Å². The van der Waals surface area contributed by atoms with E-state index in [2.05, 4.69) is 15.0 Å². The summed E-state index contributed by atoms with van der Waals surface area (Å²) >= 11 is 0. The fourth-order valence-electron chi connectivity index (χ4n) is 1.22. The van der Waals surface area contributed by atoms with Crippen LogP contribution < -0.4 is 11.1 Å². The van der Waals surface area contributed by atoms with Gasteiger partial charge in [-0.25, -0.2) is 9.78 Å². The third-order valence-electron chi connectivity index (χ3n) is 2.10. The van der Waals surface area contributed by atoms with E-state index in [1.807, 2.05) is 0 Å². The number of halogens is 3. The van der Waals surface area contributed by atoms with Crippen LogP contribution >= 0.6 is 0 Å². The van der Waals surface area contributed by atoms with E-state index in [4.69, 9.17) is 5.73 Å². The Labute approximate surface area is 101 Å². The molecule has 18 heavy (non-hydrogen) atoms. The number of anilines is 2. The van der Waals surface area contributed by atoms with Crippen molar-refractivity contribution in [2.75, 3.05) is 24.7 Å². The van der Waals surface area contributed by atoms with Gasteiger partial charge in [0.2, 0.25) is 0 Å². The molecule has 0 saturated heterocycles. The van der Waals surface area contributed by atoms with E-state index in [1.54, 1.807) is 0 Å². The maximum atomic E-state index is 12.0. The van der Waals surface area contributed by atoms with E-state index >= 15 is 0 Å². The Bertz CT molecular complexity index is 435. The number of alkyl halides is 3. The average molecular weight is 263 g/mol. The fraction of sp³-hybridized carbons (Fsp3) is 0.400. The number of ether oxygens (including phenoxy) is 1. The molecule has 0 saturated carbocycles. The summed E-state index contributed by atoms with van der Waals surface area (Å²) in [5.74, 6) is -0.643. The average Bonchev–Trinajstić information content (AvgIpc) is 2.29. The summed E-state index contributed by atoms with van der Waals surface area (Å²) < 4.78 is 40.3. The number of hydrogen-bond acceptors (Lipinski definition) is 5. The standard InChI is InChI=1S/C10H12F3N3O2/c1-18-9(17)6-2-4-15-8(7(6)14)16-5-3-10(11,12)13/h2,4H,3,5,14H2,1H3,(H,15,16). The molecule has 0 atom stereocenters. The summed E-state index contributed by atoms with van der Waals surface area (Å²) in [5.41, 5.74) is 5.62. The number of nitrogen functional groups attached to an aromatic ring is 1. The lowest BCUT2D eigenvalue weighted by molar-refractivity contribution is -0.131. The summed E-state index contributed by atoms with van der Waals surface area (Å²) in [5, 5.41) is 2.42. The molecule has 0 aliphatic rings. The normalized spacial score (nSPS) is 11.1. The van der Waals surface area contributed by atoms with Gasteiger partial charge in [-0.3, -0.25) is 0 Å². The molecule has 0 spiro atoms. The van der Waals surface area contributed by atoms with Crippen molar-refractivity contribution < 1.29 is 22.7 Å². The minimum atomic E-state index is -4.26. The van der Waals surface area contributed by atoms with Gasteiger partial charge < -0.3 is 15.8 Å². The molecule has 1 rings (SSSR count). The van der Waals surface area contributed by atoms with E-state index in [9.17, 15) is 18.0 Å². The third kappa shape index (κ3) is 3.79. The highest BCUT2D eigenvalue weighted by atomic mass is 19.4. The van der Waals surface area contributed by atoms with Crippen LogP contribution in [-0.4, -0.2) is 30.8 Å². The Hall–Kier alpha value is -1.99. The van der Waals surface area contributed by atoms with Gasteiger partial charge in [0.1, 0.15) is 5.82 Å². The summed E-state index contributed by atoms with van der Waals surface area (Å²) in [7, 11) is 1.18. The Balaban J connectivity index is 2.75. The Kier molecular flexibility index (Phi) is 4.35. The molecule has 0 aliphatic carbocycles. The minimum absolute atomic E-state index is 0.0298. The summed E-state index contributed by atoms with van der Waals surface area (Å²) in [6, 6.07) is 1.33. The van der Waals surface area contributed by atoms with Crippen LogP contribution in [0, 0.1) is 0 Å². The molecule has 3 N–H and O–H groups in total. The van der Waals surface area contributed by atoms with Crippen molar-refractivity contribution in [2.45, 2.75) is 12.6 Å². The van der Waals surface area contributed by atoms with Gasteiger partial charge in [0.15, 0.2) is 0 Å². The summed E-state index contributed by atoms with van der Waals surface area (Å²) in [6.07, 6.45) is -4.02. The zero-order chi connectivity index (χ0) is 13.8. The Morgan fingerprint density at radius 2 is 2.22 bits per heavy atom. The SMILES string of the molecule is COC(=O)c1ccnc(NCCC(F)(F)F)c1N. The van der Waals surface area contributed by atoms with Crippen molar-refractivity contribution >= 4 is 17.5 Å². The van der Waals surface area contributed by atoms with Crippen molar-refractivity contribution in [2.24, 2.45) is 0 Å². The zero-order valence-electron chi connectivity index (χ0n) is 9.54. The number of nitrogens with zero attached hydrogens (tertiary/aromatic N) is 1. The zero-order valence-corrected chi connectivity index (χ0v) is 9.54. The molecule has 1 aromatic heterocycles. The van der Waals surface area contributed by atoms with Gasteiger partial charge >= 0.3 is 12.1 Å². The van der Waals surface area contributed by atoms with E-state index < -0.39 is 18.6 Å². The van der Waals surface area contributed by atoms with Gasteiger partial charge in [-0.15, -0.1) is 0 Å². The highest BCUT2D eigenvalue weighted by Crippen LogP contribution is 2.23. The molecule has 100 valence electrons. The van der Waals surface area contributed by atoms with Crippen LogP contribution in [-0.2, 0) is 4.74 Å². The first-order valence-electron chi connectivity index (χ1n) is 4.98. The van der Waals surface area contributed by atoms with E-state index in [0.29, 0.717) is 0 Å². The first-order chi connectivity index (χ1) is 8.35. The first kappa shape index (κ1) is 14.1. The fourth-order valence-corrected chi connectivity index (χ4v) is 1.22. The molecule has 0 aromatic carbocycles. The molecule has 0 unspecified atom stereocenters. The summed E-state index contributed by atoms with van der Waals surface area (Å²) in [4.78, 5) is 15.0. The van der Waals surface area contributed by atoms with Crippen molar-refractivity contribution in [1.29, 1.82) is 0 Å². The topological polar surface area (TPSA) is 77.2 Å². The van der Waals surface area contributed by atoms with Gasteiger partial charge in [0.05, 0.1) is 24.8 Å². The predicted molar refractivity (Wildman–Crippen MR) is 59.2 cm³/mol. The van der Waals surface area contributed by atoms with Crippen LogP contribution in [0.15, 0.2) is 12.3 Å². The van der Waals surface area contributed by atoms with Gasteiger partial charge in [-0.05, 0) is 6.07 Å². The van der Waals surface area contributed by atoms with Crippen molar-refractivity contribution in [3.63, 3.8) is 0 Å². The second-order valence-corrected chi connectivity index (χ2v) is 3.40. The van der Waals surface area contributed by atoms with E-state index in [-0.39, 0.29) is 23.6 Å². The lowest BCUT2D eigenvalue weighted by Crippen LogP contribution is -2.17.